The Balaban J connectivity index is 1.90. The fourth-order valence-electron chi connectivity index (χ4n) is 3.27. The fourth-order valence-corrected chi connectivity index (χ4v) is 4.53. The summed E-state index contributed by atoms with van der Waals surface area (Å²) in [5, 5.41) is 15.0. The Morgan fingerprint density at radius 3 is 2.69 bits per heavy atom. The van der Waals surface area contributed by atoms with Crippen molar-refractivity contribution in [2.24, 2.45) is 5.92 Å². The summed E-state index contributed by atoms with van der Waals surface area (Å²) < 4.78 is 19.3. The summed E-state index contributed by atoms with van der Waals surface area (Å²) >= 11 is 4.28. The number of carbonyl (C=O) groups excluding carboxylic acids is 3. The molecule has 0 saturated carbocycles. The topological polar surface area (TPSA) is 108 Å². The van der Waals surface area contributed by atoms with E-state index in [0.717, 1.165) is 11.8 Å². The predicted molar refractivity (Wildman–Crippen MR) is 121 cm³/mol. The number of para-hydroxylation sites is 1. The number of nitrogens with zero attached hydrogens (tertiary/aromatic N) is 1. The number of nitrogens with one attached hydrogen (secondary N) is 2. The molecule has 2 aromatic rings. The smallest absolute Gasteiger partial charge is 0.319 e. The Labute approximate surface area is 196 Å². The van der Waals surface area contributed by atoms with E-state index >= 15 is 0 Å². The van der Waals surface area contributed by atoms with E-state index in [1.807, 2.05) is 0 Å². The molecule has 0 bridgehead atoms. The number of nitriles is 1. The highest BCUT2D eigenvalue weighted by Crippen LogP contribution is 2.40. The summed E-state index contributed by atoms with van der Waals surface area (Å²) in [5.74, 6) is -4.86. The molecule has 2 atom stereocenters. The number of ether oxygens (including phenoxy) is 1. The number of thioether (sulfide) groups is 1. The number of methoxy groups -OCH3 is 1. The van der Waals surface area contributed by atoms with Gasteiger partial charge in [-0.25, -0.2) is 4.39 Å². The summed E-state index contributed by atoms with van der Waals surface area (Å²) in [5.41, 5.74) is 0.718. The molecule has 32 heavy (non-hydrogen) atoms. The molecule has 2 aromatic carbocycles. The van der Waals surface area contributed by atoms with E-state index < -0.39 is 35.4 Å². The third-order valence-electron chi connectivity index (χ3n) is 4.69. The number of esters is 1. The van der Waals surface area contributed by atoms with Crippen LogP contribution in [0.15, 0.2) is 63.6 Å². The zero-order valence-corrected chi connectivity index (χ0v) is 19.1. The van der Waals surface area contributed by atoms with Crippen molar-refractivity contribution < 1.29 is 23.5 Å². The van der Waals surface area contributed by atoms with E-state index in [1.165, 1.54) is 25.3 Å². The predicted octanol–water partition coefficient (Wildman–Crippen LogP) is 3.70. The summed E-state index contributed by atoms with van der Waals surface area (Å²) in [7, 11) is 1.17. The van der Waals surface area contributed by atoms with Crippen molar-refractivity contribution in [1.82, 2.24) is 5.32 Å². The molecular formula is C22H17BrFN3O4S. The number of rotatable bonds is 6. The van der Waals surface area contributed by atoms with E-state index in [-0.39, 0.29) is 22.0 Å². The number of benzene rings is 2. The molecular weight excluding hydrogens is 501 g/mol. The fraction of sp³-hybridized carbons (Fsp3) is 0.182. The van der Waals surface area contributed by atoms with Gasteiger partial charge in [-0.05, 0) is 29.8 Å². The molecule has 0 unspecified atom stereocenters. The molecule has 0 radical (unpaired) electrons. The van der Waals surface area contributed by atoms with E-state index in [2.05, 4.69) is 32.6 Å². The molecule has 3 rings (SSSR count). The van der Waals surface area contributed by atoms with Gasteiger partial charge in [0.05, 0.1) is 35.2 Å². The van der Waals surface area contributed by atoms with Gasteiger partial charge >= 0.3 is 5.97 Å². The number of anilines is 1. The van der Waals surface area contributed by atoms with Crippen molar-refractivity contribution in [2.75, 3.05) is 18.2 Å². The first-order valence-electron chi connectivity index (χ1n) is 9.31. The van der Waals surface area contributed by atoms with Crippen LogP contribution >= 0.6 is 27.7 Å². The molecule has 1 aliphatic heterocycles. The van der Waals surface area contributed by atoms with Crippen LogP contribution in [0.4, 0.5) is 10.1 Å². The average molecular weight is 518 g/mol. The van der Waals surface area contributed by atoms with Crippen molar-refractivity contribution in [3.63, 3.8) is 0 Å². The molecule has 2 N–H and O–H groups in total. The monoisotopic (exact) mass is 517 g/mol. The molecule has 0 fully saturated rings. The summed E-state index contributed by atoms with van der Waals surface area (Å²) in [6.07, 6.45) is 0. The van der Waals surface area contributed by atoms with Gasteiger partial charge in [0, 0.05) is 10.4 Å². The maximum atomic E-state index is 13.8. The Morgan fingerprint density at radius 2 is 2.03 bits per heavy atom. The Bertz CT molecular complexity index is 1150. The highest BCUT2D eigenvalue weighted by molar-refractivity contribution is 9.10. The SMILES string of the molecule is COC(=O)[C@H]1C(=O)NC(SCC(=O)Nc2ccccc2F)=C(C#N)[C@H]1c1cccc(Br)c1. The van der Waals surface area contributed by atoms with Gasteiger partial charge in [-0.1, -0.05) is 52.0 Å². The minimum absolute atomic E-state index is 0.0260. The molecule has 0 aromatic heterocycles. The van der Waals surface area contributed by atoms with Crippen LogP contribution in [0, 0.1) is 23.1 Å². The minimum atomic E-state index is -1.26. The Kier molecular flexibility index (Phi) is 7.66. The molecule has 1 heterocycles. The van der Waals surface area contributed by atoms with Crippen LogP contribution in [0.2, 0.25) is 0 Å². The lowest BCUT2D eigenvalue weighted by molar-refractivity contribution is -0.150. The van der Waals surface area contributed by atoms with Crippen molar-refractivity contribution >= 4 is 51.2 Å². The zero-order valence-electron chi connectivity index (χ0n) is 16.7. The van der Waals surface area contributed by atoms with Crippen LogP contribution in [0.5, 0.6) is 0 Å². The summed E-state index contributed by atoms with van der Waals surface area (Å²) in [4.78, 5) is 37.5. The van der Waals surface area contributed by atoms with Gasteiger partial charge in [-0.3, -0.25) is 14.4 Å². The lowest BCUT2D eigenvalue weighted by atomic mass is 9.78. The number of hydrogen-bond acceptors (Lipinski definition) is 6. The van der Waals surface area contributed by atoms with Gasteiger partial charge in [0.1, 0.15) is 11.7 Å². The van der Waals surface area contributed by atoms with E-state index in [4.69, 9.17) is 4.74 Å². The van der Waals surface area contributed by atoms with Crippen LogP contribution in [0.25, 0.3) is 0 Å². The standard InChI is InChI=1S/C22H17BrFN3O4S/c1-31-22(30)19-18(12-5-4-6-13(23)9-12)14(10-25)21(27-20(19)29)32-11-17(28)26-16-8-3-2-7-15(16)24/h2-9,18-19H,11H2,1H3,(H,26,28)(H,27,29)/t18-,19-/m1/s1. The number of amides is 2. The molecule has 7 nitrogen and oxygen atoms in total. The van der Waals surface area contributed by atoms with Gasteiger partial charge in [0.2, 0.25) is 11.8 Å². The molecule has 10 heteroatoms. The van der Waals surface area contributed by atoms with Crippen molar-refractivity contribution in [2.45, 2.75) is 5.92 Å². The number of allylic oxidation sites excluding steroid dienone is 1. The van der Waals surface area contributed by atoms with Crippen molar-refractivity contribution in [3.05, 3.63) is 75.0 Å². The Hall–Kier alpha value is -3.16. The highest BCUT2D eigenvalue weighted by atomic mass is 79.9. The lowest BCUT2D eigenvalue weighted by Crippen LogP contribution is -2.44. The molecule has 0 saturated heterocycles. The average Bonchev–Trinajstić information content (AvgIpc) is 2.78. The highest BCUT2D eigenvalue weighted by Gasteiger charge is 2.44. The van der Waals surface area contributed by atoms with Crippen molar-refractivity contribution in [1.29, 1.82) is 5.26 Å². The Morgan fingerprint density at radius 1 is 1.28 bits per heavy atom. The third-order valence-corrected chi connectivity index (χ3v) is 6.20. The van der Waals surface area contributed by atoms with E-state index in [9.17, 15) is 24.0 Å². The number of halogens is 2. The maximum Gasteiger partial charge on any atom is 0.319 e. The van der Waals surface area contributed by atoms with E-state index in [1.54, 1.807) is 30.3 Å². The number of carbonyl (C=O) groups is 3. The van der Waals surface area contributed by atoms with Gasteiger partial charge in [0.25, 0.3) is 0 Å². The van der Waals surface area contributed by atoms with E-state index in [0.29, 0.717) is 10.0 Å². The lowest BCUT2D eigenvalue weighted by Gasteiger charge is -2.31. The minimum Gasteiger partial charge on any atom is -0.468 e. The number of hydrogen-bond donors (Lipinski definition) is 2. The summed E-state index contributed by atoms with van der Waals surface area (Å²) in [6, 6.07) is 14.7. The molecule has 164 valence electrons. The first-order valence-corrected chi connectivity index (χ1v) is 11.1. The van der Waals surface area contributed by atoms with Crippen LogP contribution in [-0.4, -0.2) is 30.6 Å². The largest absolute Gasteiger partial charge is 0.468 e. The second-order valence-electron chi connectivity index (χ2n) is 6.69. The van der Waals surface area contributed by atoms with Gasteiger partial charge in [-0.15, -0.1) is 0 Å². The molecule has 0 aliphatic carbocycles. The molecule has 1 aliphatic rings. The molecule has 2 amide bonds. The normalized spacial score (nSPS) is 17.9. The second kappa shape index (κ2) is 10.4. The zero-order chi connectivity index (χ0) is 23.3. The van der Waals surface area contributed by atoms with Gasteiger partial charge in [-0.2, -0.15) is 5.26 Å². The first-order chi connectivity index (χ1) is 15.3. The molecule has 0 spiro atoms. The van der Waals surface area contributed by atoms with Crippen LogP contribution < -0.4 is 10.6 Å². The van der Waals surface area contributed by atoms with Crippen LogP contribution in [0.3, 0.4) is 0 Å². The third kappa shape index (κ3) is 5.18. The van der Waals surface area contributed by atoms with Crippen LogP contribution in [-0.2, 0) is 19.1 Å². The van der Waals surface area contributed by atoms with Crippen LogP contribution in [0.1, 0.15) is 11.5 Å². The first kappa shape index (κ1) is 23.5. The van der Waals surface area contributed by atoms with Crippen molar-refractivity contribution in [3.8, 4) is 6.07 Å². The van der Waals surface area contributed by atoms with Gasteiger partial charge < -0.3 is 15.4 Å². The van der Waals surface area contributed by atoms with Gasteiger partial charge in [0.15, 0.2) is 0 Å². The maximum absolute atomic E-state index is 13.8. The quantitative estimate of drug-likeness (QED) is 0.446. The summed E-state index contributed by atoms with van der Waals surface area (Å²) in [6.45, 7) is 0. The second-order valence-corrected chi connectivity index (χ2v) is 8.60.